The van der Waals surface area contributed by atoms with Gasteiger partial charge in [-0.3, -0.25) is 4.79 Å². The highest BCUT2D eigenvalue weighted by Crippen LogP contribution is 2.35. The summed E-state index contributed by atoms with van der Waals surface area (Å²) in [5.74, 6) is 1.84. The van der Waals surface area contributed by atoms with Gasteiger partial charge < -0.3 is 24.7 Å². The monoisotopic (exact) mass is 643 g/mol. The Hall–Kier alpha value is -4.81. The highest BCUT2D eigenvalue weighted by Gasteiger charge is 2.13. The van der Waals surface area contributed by atoms with Gasteiger partial charge in [0.25, 0.3) is 0 Å². The van der Waals surface area contributed by atoms with Crippen LogP contribution in [0.3, 0.4) is 0 Å². The SMILES string of the molecule is CC/C(=C(\c1ccccc1)c1ccc(OCCN(C)CCCCCC(=O)NCCc2c[nH]c3ccc(OC)cc23)cc1)c1ccccc1. The Balaban J connectivity index is 1.00. The molecule has 250 valence electrons. The second-order valence-corrected chi connectivity index (χ2v) is 12.3. The molecular formula is C42H49N3O3. The normalized spacial score (nSPS) is 11.8. The maximum absolute atomic E-state index is 12.4. The number of likely N-dealkylation sites (N-methyl/N-ethyl adjacent to an activating group) is 1. The molecule has 0 saturated carbocycles. The Morgan fingerprint density at radius 2 is 1.48 bits per heavy atom. The van der Waals surface area contributed by atoms with Gasteiger partial charge in [0.2, 0.25) is 5.91 Å². The number of allylic oxidation sites excluding steroid dienone is 1. The number of nitrogens with zero attached hydrogens (tertiary/aromatic N) is 1. The molecule has 1 heterocycles. The third-order valence-corrected chi connectivity index (χ3v) is 8.86. The third-order valence-electron chi connectivity index (χ3n) is 8.86. The van der Waals surface area contributed by atoms with E-state index in [0.717, 1.165) is 67.6 Å². The molecule has 48 heavy (non-hydrogen) atoms. The van der Waals surface area contributed by atoms with Gasteiger partial charge in [0.1, 0.15) is 18.1 Å². The van der Waals surface area contributed by atoms with E-state index in [0.29, 0.717) is 19.6 Å². The number of ether oxygens (including phenoxy) is 2. The Labute approximate surface area is 285 Å². The van der Waals surface area contributed by atoms with Crippen LogP contribution in [0.4, 0.5) is 0 Å². The molecule has 0 saturated heterocycles. The van der Waals surface area contributed by atoms with Crippen molar-refractivity contribution < 1.29 is 14.3 Å². The molecule has 5 aromatic rings. The van der Waals surface area contributed by atoms with Crippen LogP contribution in [0.1, 0.15) is 61.3 Å². The number of unbranched alkanes of at least 4 members (excludes halogenated alkanes) is 2. The van der Waals surface area contributed by atoms with E-state index in [1.165, 1.54) is 33.4 Å². The van der Waals surface area contributed by atoms with Crippen LogP contribution in [-0.4, -0.2) is 56.2 Å². The first-order chi connectivity index (χ1) is 23.6. The lowest BCUT2D eigenvalue weighted by Crippen LogP contribution is -2.26. The summed E-state index contributed by atoms with van der Waals surface area (Å²) >= 11 is 0. The second-order valence-electron chi connectivity index (χ2n) is 12.3. The van der Waals surface area contributed by atoms with Crippen molar-refractivity contribution in [2.75, 3.05) is 40.4 Å². The number of carbonyl (C=O) groups excluding carboxylic acids is 1. The van der Waals surface area contributed by atoms with Gasteiger partial charge >= 0.3 is 0 Å². The largest absolute Gasteiger partial charge is 0.497 e. The molecule has 0 aliphatic heterocycles. The fourth-order valence-electron chi connectivity index (χ4n) is 6.19. The van der Waals surface area contributed by atoms with E-state index < -0.39 is 0 Å². The summed E-state index contributed by atoms with van der Waals surface area (Å²) in [7, 11) is 3.81. The van der Waals surface area contributed by atoms with Gasteiger partial charge in [-0.1, -0.05) is 86.1 Å². The molecule has 0 radical (unpaired) electrons. The van der Waals surface area contributed by atoms with Crippen LogP contribution in [0.2, 0.25) is 0 Å². The number of aromatic nitrogens is 1. The number of hydrogen-bond donors (Lipinski definition) is 2. The average Bonchev–Trinajstić information content (AvgIpc) is 3.53. The molecule has 1 amide bonds. The van der Waals surface area contributed by atoms with Crippen LogP contribution in [0.5, 0.6) is 11.5 Å². The van der Waals surface area contributed by atoms with Crippen molar-refractivity contribution in [2.24, 2.45) is 0 Å². The second kappa shape index (κ2) is 17.9. The highest BCUT2D eigenvalue weighted by atomic mass is 16.5. The maximum atomic E-state index is 12.4. The molecule has 0 atom stereocenters. The summed E-state index contributed by atoms with van der Waals surface area (Å²) in [6, 6.07) is 35.8. The first kappa shape index (κ1) is 34.5. The van der Waals surface area contributed by atoms with Crippen LogP contribution < -0.4 is 14.8 Å². The number of aromatic amines is 1. The number of H-pyrrole nitrogens is 1. The molecular weight excluding hydrogens is 594 g/mol. The molecule has 5 rings (SSSR count). The molecule has 0 aliphatic carbocycles. The van der Waals surface area contributed by atoms with Gasteiger partial charge in [-0.15, -0.1) is 0 Å². The zero-order chi connectivity index (χ0) is 33.6. The van der Waals surface area contributed by atoms with E-state index in [1.54, 1.807) is 7.11 Å². The van der Waals surface area contributed by atoms with E-state index in [4.69, 9.17) is 9.47 Å². The number of methoxy groups -OCH3 is 1. The van der Waals surface area contributed by atoms with Crippen LogP contribution >= 0.6 is 0 Å². The molecule has 6 heteroatoms. The molecule has 0 unspecified atom stereocenters. The van der Waals surface area contributed by atoms with Crippen molar-refractivity contribution in [2.45, 2.75) is 45.4 Å². The van der Waals surface area contributed by atoms with Crippen molar-refractivity contribution in [3.63, 3.8) is 0 Å². The summed E-state index contributed by atoms with van der Waals surface area (Å²) in [5.41, 5.74) is 8.53. The van der Waals surface area contributed by atoms with Gasteiger partial charge in [-0.25, -0.2) is 0 Å². The summed E-state index contributed by atoms with van der Waals surface area (Å²) in [5, 5.41) is 4.22. The van der Waals surface area contributed by atoms with Gasteiger partial charge in [0, 0.05) is 36.6 Å². The summed E-state index contributed by atoms with van der Waals surface area (Å²) in [6.07, 6.45) is 7.30. The highest BCUT2D eigenvalue weighted by molar-refractivity contribution is 5.98. The number of hydrogen-bond acceptors (Lipinski definition) is 4. The summed E-state index contributed by atoms with van der Waals surface area (Å²) in [6.45, 7) is 5.33. The minimum absolute atomic E-state index is 0.123. The zero-order valence-corrected chi connectivity index (χ0v) is 28.6. The topological polar surface area (TPSA) is 66.6 Å². The zero-order valence-electron chi connectivity index (χ0n) is 28.6. The van der Waals surface area contributed by atoms with Crippen molar-refractivity contribution >= 4 is 28.0 Å². The number of amides is 1. The standard InChI is InChI=1S/C42H49N3O3/c1-4-38(32-14-8-5-9-15-32)42(33-16-10-6-11-17-33)34-19-21-36(22-20-34)48-29-28-45(2)27-13-7-12-18-41(46)43-26-25-35-31-44-40-24-23-37(47-3)30-39(35)40/h5-6,8-11,14-17,19-24,30-31,44H,4,7,12-13,18,25-29H2,1-3H3,(H,43,46)/b42-38-. The average molecular weight is 644 g/mol. The van der Waals surface area contributed by atoms with Crippen molar-refractivity contribution in [1.29, 1.82) is 0 Å². The molecule has 2 N–H and O–H groups in total. The Bertz CT molecular complexity index is 1740. The molecule has 4 aromatic carbocycles. The van der Waals surface area contributed by atoms with E-state index in [9.17, 15) is 4.79 Å². The number of rotatable bonds is 18. The van der Waals surface area contributed by atoms with Gasteiger partial charge in [-0.05, 0) is 103 Å². The Morgan fingerprint density at radius 1 is 0.792 bits per heavy atom. The van der Waals surface area contributed by atoms with E-state index in [-0.39, 0.29) is 5.91 Å². The fraction of sp³-hybridized carbons (Fsp3) is 0.310. The first-order valence-electron chi connectivity index (χ1n) is 17.2. The molecule has 0 spiro atoms. The molecule has 1 aromatic heterocycles. The Morgan fingerprint density at radius 3 is 2.19 bits per heavy atom. The smallest absolute Gasteiger partial charge is 0.220 e. The molecule has 0 fully saturated rings. The number of benzene rings is 4. The Kier molecular flexibility index (Phi) is 12.9. The minimum atomic E-state index is 0.123. The van der Waals surface area contributed by atoms with Crippen LogP contribution in [-0.2, 0) is 11.2 Å². The fourth-order valence-corrected chi connectivity index (χ4v) is 6.19. The lowest BCUT2D eigenvalue weighted by atomic mass is 9.88. The van der Waals surface area contributed by atoms with Crippen molar-refractivity contribution in [1.82, 2.24) is 15.2 Å². The predicted molar refractivity (Wildman–Crippen MR) is 199 cm³/mol. The van der Waals surface area contributed by atoms with Gasteiger partial charge in [-0.2, -0.15) is 0 Å². The first-order valence-corrected chi connectivity index (χ1v) is 17.2. The number of carbonyl (C=O) groups is 1. The lowest BCUT2D eigenvalue weighted by molar-refractivity contribution is -0.121. The lowest BCUT2D eigenvalue weighted by Gasteiger charge is -2.18. The summed E-state index contributed by atoms with van der Waals surface area (Å²) in [4.78, 5) is 18.0. The van der Waals surface area contributed by atoms with Crippen LogP contribution in [0, 0.1) is 0 Å². The minimum Gasteiger partial charge on any atom is -0.497 e. The number of fused-ring (bicyclic) bond motifs is 1. The van der Waals surface area contributed by atoms with Crippen molar-refractivity contribution in [3.05, 3.63) is 132 Å². The number of nitrogens with one attached hydrogen (secondary N) is 2. The van der Waals surface area contributed by atoms with E-state index in [1.807, 2.05) is 24.4 Å². The quantitative estimate of drug-likeness (QED) is 0.0740. The van der Waals surface area contributed by atoms with Crippen LogP contribution in [0.25, 0.3) is 22.0 Å². The maximum Gasteiger partial charge on any atom is 0.220 e. The molecule has 0 aliphatic rings. The van der Waals surface area contributed by atoms with Gasteiger partial charge in [0.05, 0.1) is 7.11 Å². The van der Waals surface area contributed by atoms with Gasteiger partial charge in [0.15, 0.2) is 0 Å². The summed E-state index contributed by atoms with van der Waals surface area (Å²) < 4.78 is 11.5. The third kappa shape index (κ3) is 9.61. The van der Waals surface area contributed by atoms with E-state index in [2.05, 4.69) is 114 Å². The predicted octanol–water partition coefficient (Wildman–Crippen LogP) is 8.78. The molecule has 6 nitrogen and oxygen atoms in total. The van der Waals surface area contributed by atoms with Crippen LogP contribution in [0.15, 0.2) is 109 Å². The van der Waals surface area contributed by atoms with Crippen molar-refractivity contribution in [3.8, 4) is 11.5 Å². The van der Waals surface area contributed by atoms with E-state index >= 15 is 0 Å². The molecule has 0 bridgehead atoms.